The van der Waals surface area contributed by atoms with Gasteiger partial charge in [-0.2, -0.15) is 0 Å². The zero-order chi connectivity index (χ0) is 17.3. The van der Waals surface area contributed by atoms with Crippen molar-refractivity contribution in [3.63, 3.8) is 0 Å². The minimum absolute atomic E-state index is 0.0997. The fourth-order valence-electron chi connectivity index (χ4n) is 2.57. The van der Waals surface area contributed by atoms with Gasteiger partial charge in [0.05, 0.1) is 17.7 Å². The molecule has 6 nitrogen and oxygen atoms in total. The first-order valence-electron chi connectivity index (χ1n) is 7.39. The van der Waals surface area contributed by atoms with Crippen LogP contribution in [0.25, 0.3) is 0 Å². The second-order valence-electron chi connectivity index (χ2n) is 5.55. The number of aliphatic hydroxyl groups is 1. The maximum atomic E-state index is 12.3. The first kappa shape index (κ1) is 16.4. The van der Waals surface area contributed by atoms with Crippen molar-refractivity contribution in [2.45, 2.75) is 6.10 Å². The number of nitrogens with zero attached hydrogens (tertiary/aromatic N) is 2. The molecular formula is C17H16N2O4S. The van der Waals surface area contributed by atoms with E-state index in [0.29, 0.717) is 11.1 Å². The summed E-state index contributed by atoms with van der Waals surface area (Å²) < 4.78 is 0. The number of fused-ring (bicyclic) bond motifs is 1. The van der Waals surface area contributed by atoms with Gasteiger partial charge in [-0.05, 0) is 23.6 Å². The first-order valence-corrected chi connectivity index (χ1v) is 8.27. The van der Waals surface area contributed by atoms with Crippen LogP contribution in [0.4, 0.5) is 0 Å². The summed E-state index contributed by atoms with van der Waals surface area (Å²) in [6, 6.07) is 10.1. The summed E-state index contributed by atoms with van der Waals surface area (Å²) in [5.41, 5.74) is 0.633. The Balaban J connectivity index is 1.65. The standard InChI is InChI=1S/C17H16N2O4S/c1-18(9-13(20)14-7-4-8-24-14)15(21)10-19-16(22)11-5-2-3-6-12(11)17(19)23/h2-8,13,20H,9-10H2,1H3. The number of carbonyl (C=O) groups excluding carboxylic acids is 3. The van der Waals surface area contributed by atoms with E-state index in [9.17, 15) is 19.5 Å². The molecular weight excluding hydrogens is 328 g/mol. The van der Waals surface area contributed by atoms with E-state index in [1.165, 1.54) is 23.3 Å². The molecule has 1 N–H and O–H groups in total. The van der Waals surface area contributed by atoms with Crippen molar-refractivity contribution in [2.24, 2.45) is 0 Å². The Bertz CT molecular complexity index is 753. The molecule has 2 aromatic rings. The molecule has 1 aromatic heterocycles. The molecule has 0 aliphatic carbocycles. The average molecular weight is 344 g/mol. The Morgan fingerprint density at radius 2 is 1.79 bits per heavy atom. The highest BCUT2D eigenvalue weighted by Gasteiger charge is 2.36. The summed E-state index contributed by atoms with van der Waals surface area (Å²) in [6.07, 6.45) is -0.791. The van der Waals surface area contributed by atoms with Crippen LogP contribution >= 0.6 is 11.3 Å². The number of rotatable bonds is 5. The molecule has 124 valence electrons. The van der Waals surface area contributed by atoms with Crippen molar-refractivity contribution in [1.82, 2.24) is 9.80 Å². The fourth-order valence-corrected chi connectivity index (χ4v) is 3.27. The molecule has 2 heterocycles. The zero-order valence-electron chi connectivity index (χ0n) is 13.0. The number of aliphatic hydroxyl groups excluding tert-OH is 1. The van der Waals surface area contributed by atoms with Crippen LogP contribution in [0.3, 0.4) is 0 Å². The highest BCUT2D eigenvalue weighted by molar-refractivity contribution is 7.10. The Labute approximate surface area is 142 Å². The monoisotopic (exact) mass is 344 g/mol. The quantitative estimate of drug-likeness (QED) is 0.835. The number of hydrogen-bond donors (Lipinski definition) is 1. The van der Waals surface area contributed by atoms with Crippen LogP contribution in [-0.2, 0) is 4.79 Å². The van der Waals surface area contributed by atoms with Gasteiger partial charge in [0.25, 0.3) is 11.8 Å². The van der Waals surface area contributed by atoms with Crippen LogP contribution in [0, 0.1) is 0 Å². The van der Waals surface area contributed by atoms with Crippen LogP contribution in [0.5, 0.6) is 0 Å². The lowest BCUT2D eigenvalue weighted by molar-refractivity contribution is -0.131. The smallest absolute Gasteiger partial charge is 0.262 e. The summed E-state index contributed by atoms with van der Waals surface area (Å²) in [7, 11) is 1.54. The van der Waals surface area contributed by atoms with E-state index in [1.807, 2.05) is 11.4 Å². The molecule has 3 rings (SSSR count). The Morgan fingerprint density at radius 1 is 1.17 bits per heavy atom. The number of hydrogen-bond acceptors (Lipinski definition) is 5. The number of imide groups is 1. The van der Waals surface area contributed by atoms with E-state index in [1.54, 1.807) is 30.3 Å². The first-order chi connectivity index (χ1) is 11.5. The van der Waals surface area contributed by atoms with Crippen molar-refractivity contribution in [1.29, 1.82) is 0 Å². The molecule has 3 amide bonds. The van der Waals surface area contributed by atoms with Crippen molar-refractivity contribution >= 4 is 29.1 Å². The van der Waals surface area contributed by atoms with Gasteiger partial charge < -0.3 is 10.0 Å². The van der Waals surface area contributed by atoms with Crippen LogP contribution in [0.1, 0.15) is 31.7 Å². The molecule has 7 heteroatoms. The highest BCUT2D eigenvalue weighted by Crippen LogP contribution is 2.23. The van der Waals surface area contributed by atoms with Crippen LogP contribution in [0.2, 0.25) is 0 Å². The molecule has 0 fully saturated rings. The summed E-state index contributed by atoms with van der Waals surface area (Å²) in [6.45, 7) is -0.234. The largest absolute Gasteiger partial charge is 0.386 e. The lowest BCUT2D eigenvalue weighted by Crippen LogP contribution is -2.42. The normalized spacial score (nSPS) is 14.7. The highest BCUT2D eigenvalue weighted by atomic mass is 32.1. The lowest BCUT2D eigenvalue weighted by atomic mass is 10.1. The molecule has 24 heavy (non-hydrogen) atoms. The fraction of sp³-hybridized carbons (Fsp3) is 0.235. The zero-order valence-corrected chi connectivity index (χ0v) is 13.8. The van der Waals surface area contributed by atoms with E-state index >= 15 is 0 Å². The molecule has 0 saturated heterocycles. The van der Waals surface area contributed by atoms with Gasteiger partial charge in [-0.1, -0.05) is 18.2 Å². The third kappa shape index (κ3) is 2.95. The SMILES string of the molecule is CN(CC(O)c1cccs1)C(=O)CN1C(=O)c2ccccc2C1=O. The molecule has 1 aromatic carbocycles. The minimum atomic E-state index is -0.791. The van der Waals surface area contributed by atoms with Gasteiger partial charge in [0.2, 0.25) is 5.91 Å². The molecule has 0 spiro atoms. The van der Waals surface area contributed by atoms with Gasteiger partial charge in [-0.25, -0.2) is 0 Å². The number of benzene rings is 1. The summed E-state index contributed by atoms with van der Waals surface area (Å²) in [5, 5.41) is 12.0. The molecule has 0 radical (unpaired) electrons. The molecule has 1 atom stereocenters. The summed E-state index contributed by atoms with van der Waals surface area (Å²) >= 11 is 1.40. The Morgan fingerprint density at radius 3 is 2.33 bits per heavy atom. The third-order valence-corrected chi connectivity index (χ3v) is 4.89. The van der Waals surface area contributed by atoms with Gasteiger partial charge in [0, 0.05) is 11.9 Å². The Kier molecular flexibility index (Phi) is 4.46. The van der Waals surface area contributed by atoms with Gasteiger partial charge in [0.1, 0.15) is 12.6 Å². The number of amides is 3. The van der Waals surface area contributed by atoms with Crippen LogP contribution in [-0.4, -0.2) is 52.8 Å². The Hall–Kier alpha value is -2.51. The van der Waals surface area contributed by atoms with E-state index in [0.717, 1.165) is 9.78 Å². The van der Waals surface area contributed by atoms with Gasteiger partial charge in [-0.3, -0.25) is 19.3 Å². The topological polar surface area (TPSA) is 77.9 Å². The maximum absolute atomic E-state index is 12.3. The molecule has 1 aliphatic rings. The summed E-state index contributed by atoms with van der Waals surface area (Å²) in [5.74, 6) is -1.33. The van der Waals surface area contributed by atoms with Crippen molar-refractivity contribution < 1.29 is 19.5 Å². The predicted octanol–water partition coefficient (Wildman–Crippen LogP) is 1.54. The van der Waals surface area contributed by atoms with Gasteiger partial charge in [-0.15, -0.1) is 11.3 Å². The van der Waals surface area contributed by atoms with E-state index in [2.05, 4.69) is 0 Å². The van der Waals surface area contributed by atoms with Gasteiger partial charge >= 0.3 is 0 Å². The second-order valence-corrected chi connectivity index (χ2v) is 6.53. The van der Waals surface area contributed by atoms with E-state index in [4.69, 9.17) is 0 Å². The van der Waals surface area contributed by atoms with E-state index in [-0.39, 0.29) is 13.1 Å². The van der Waals surface area contributed by atoms with Crippen LogP contribution in [0.15, 0.2) is 41.8 Å². The molecule has 0 saturated carbocycles. The summed E-state index contributed by atoms with van der Waals surface area (Å²) in [4.78, 5) is 39.9. The van der Waals surface area contributed by atoms with Gasteiger partial charge in [0.15, 0.2) is 0 Å². The minimum Gasteiger partial charge on any atom is -0.386 e. The maximum Gasteiger partial charge on any atom is 0.262 e. The molecule has 1 aliphatic heterocycles. The number of carbonyl (C=O) groups is 3. The lowest BCUT2D eigenvalue weighted by Gasteiger charge is -2.22. The molecule has 1 unspecified atom stereocenters. The third-order valence-electron chi connectivity index (χ3n) is 3.92. The van der Waals surface area contributed by atoms with Crippen molar-refractivity contribution in [2.75, 3.05) is 20.1 Å². The van der Waals surface area contributed by atoms with Crippen molar-refractivity contribution in [3.05, 3.63) is 57.8 Å². The van der Waals surface area contributed by atoms with Crippen LogP contribution < -0.4 is 0 Å². The average Bonchev–Trinajstić information content (AvgIpc) is 3.19. The molecule has 0 bridgehead atoms. The predicted molar refractivity (Wildman–Crippen MR) is 88.7 cm³/mol. The van der Waals surface area contributed by atoms with Crippen molar-refractivity contribution in [3.8, 4) is 0 Å². The number of likely N-dealkylation sites (N-methyl/N-ethyl adjacent to an activating group) is 1. The van der Waals surface area contributed by atoms with E-state index < -0.39 is 23.8 Å². The number of thiophene rings is 1. The second kappa shape index (κ2) is 6.54.